The first-order chi connectivity index (χ1) is 8.59. The number of carbonyl (C=O) groups excluding carboxylic acids is 1. The van der Waals surface area contributed by atoms with Crippen LogP contribution in [-0.2, 0) is 4.79 Å². The highest BCUT2D eigenvalue weighted by Gasteiger charge is 2.28. The fourth-order valence-electron chi connectivity index (χ4n) is 1.60. The van der Waals surface area contributed by atoms with Crippen LogP contribution in [0.2, 0.25) is 5.15 Å². The van der Waals surface area contributed by atoms with E-state index in [1.807, 2.05) is 13.8 Å². The second-order valence-electron chi connectivity index (χ2n) is 4.58. The molecule has 0 spiro atoms. The zero-order valence-electron chi connectivity index (χ0n) is 10.6. The number of nitrogens with zero attached hydrogens (tertiary/aromatic N) is 2. The molecule has 0 aliphatic heterocycles. The van der Waals surface area contributed by atoms with Crippen LogP contribution in [0.4, 0.5) is 5.82 Å². The van der Waals surface area contributed by atoms with E-state index in [9.17, 15) is 4.79 Å². The number of hydrogen-bond donors (Lipinski definition) is 2. The molecule has 1 aromatic heterocycles. The quantitative estimate of drug-likeness (QED) is 0.798. The molecule has 0 aromatic carbocycles. The molecule has 1 amide bonds. The molecular weight excluding hydrogens is 252 g/mol. The summed E-state index contributed by atoms with van der Waals surface area (Å²) in [6, 6.07) is 0. The van der Waals surface area contributed by atoms with Crippen molar-refractivity contribution in [3.8, 4) is 0 Å². The van der Waals surface area contributed by atoms with Crippen molar-refractivity contribution >= 4 is 23.3 Å². The molecule has 0 unspecified atom stereocenters. The van der Waals surface area contributed by atoms with Gasteiger partial charge in [-0.15, -0.1) is 10.2 Å². The van der Waals surface area contributed by atoms with Crippen molar-refractivity contribution in [2.45, 2.75) is 26.7 Å². The van der Waals surface area contributed by atoms with Crippen LogP contribution in [-0.4, -0.2) is 29.2 Å². The normalized spacial score (nSPS) is 14.4. The molecule has 0 saturated heterocycles. The van der Waals surface area contributed by atoms with E-state index in [2.05, 4.69) is 20.8 Å². The van der Waals surface area contributed by atoms with E-state index < -0.39 is 0 Å². The molecule has 0 bridgehead atoms. The maximum atomic E-state index is 11.4. The number of halogens is 1. The van der Waals surface area contributed by atoms with Gasteiger partial charge < -0.3 is 10.6 Å². The Kier molecular flexibility index (Phi) is 4.01. The van der Waals surface area contributed by atoms with Crippen LogP contribution in [0, 0.1) is 19.8 Å². The summed E-state index contributed by atoms with van der Waals surface area (Å²) >= 11 is 5.87. The molecule has 98 valence electrons. The highest BCUT2D eigenvalue weighted by atomic mass is 35.5. The summed E-state index contributed by atoms with van der Waals surface area (Å²) in [6.45, 7) is 5.08. The van der Waals surface area contributed by atoms with Gasteiger partial charge >= 0.3 is 0 Å². The molecule has 1 fully saturated rings. The Balaban J connectivity index is 1.79. The standard InChI is InChI=1S/C12H17ClN4O/c1-7-8(2)11(17-16-10(7)13)14-5-6-15-12(18)9-3-4-9/h9H,3-6H2,1-2H3,(H,14,17)(H,15,18). The highest BCUT2D eigenvalue weighted by Crippen LogP contribution is 2.28. The van der Waals surface area contributed by atoms with Gasteiger partial charge in [0.25, 0.3) is 0 Å². The Labute approximate surface area is 111 Å². The maximum absolute atomic E-state index is 11.4. The summed E-state index contributed by atoms with van der Waals surface area (Å²) in [5.74, 6) is 1.13. The Morgan fingerprint density at radius 1 is 1.28 bits per heavy atom. The van der Waals surface area contributed by atoms with Crippen LogP contribution in [0.3, 0.4) is 0 Å². The Hall–Kier alpha value is -1.36. The van der Waals surface area contributed by atoms with Gasteiger partial charge in [-0.2, -0.15) is 0 Å². The smallest absolute Gasteiger partial charge is 0.223 e. The van der Waals surface area contributed by atoms with Gasteiger partial charge in [0, 0.05) is 19.0 Å². The number of hydrogen-bond acceptors (Lipinski definition) is 4. The average Bonchev–Trinajstić information content (AvgIpc) is 3.18. The summed E-state index contributed by atoms with van der Waals surface area (Å²) in [6.07, 6.45) is 2.06. The average molecular weight is 269 g/mol. The van der Waals surface area contributed by atoms with Gasteiger partial charge in [-0.05, 0) is 37.8 Å². The van der Waals surface area contributed by atoms with Gasteiger partial charge in [0.05, 0.1) is 0 Å². The first-order valence-corrected chi connectivity index (χ1v) is 6.48. The van der Waals surface area contributed by atoms with Crippen molar-refractivity contribution in [2.75, 3.05) is 18.4 Å². The molecule has 1 aliphatic rings. The van der Waals surface area contributed by atoms with Crippen molar-refractivity contribution in [2.24, 2.45) is 5.92 Å². The minimum atomic E-state index is 0.159. The molecule has 18 heavy (non-hydrogen) atoms. The second-order valence-corrected chi connectivity index (χ2v) is 4.94. The van der Waals surface area contributed by atoms with Gasteiger partial charge in [-0.25, -0.2) is 0 Å². The largest absolute Gasteiger partial charge is 0.367 e. The van der Waals surface area contributed by atoms with Crippen LogP contribution in [0.15, 0.2) is 0 Å². The van der Waals surface area contributed by atoms with Crippen molar-refractivity contribution in [1.82, 2.24) is 15.5 Å². The van der Waals surface area contributed by atoms with Gasteiger partial charge in [0.15, 0.2) is 11.0 Å². The topological polar surface area (TPSA) is 66.9 Å². The van der Waals surface area contributed by atoms with Crippen molar-refractivity contribution < 1.29 is 4.79 Å². The van der Waals surface area contributed by atoms with Gasteiger partial charge in [-0.3, -0.25) is 4.79 Å². The molecular formula is C12H17ClN4O. The summed E-state index contributed by atoms with van der Waals surface area (Å²) < 4.78 is 0. The van der Waals surface area contributed by atoms with Gasteiger partial charge in [0.2, 0.25) is 5.91 Å². The Bertz CT molecular complexity index is 460. The molecule has 1 aromatic rings. The van der Waals surface area contributed by atoms with Crippen LogP contribution in [0.1, 0.15) is 24.0 Å². The van der Waals surface area contributed by atoms with E-state index >= 15 is 0 Å². The van der Waals surface area contributed by atoms with Crippen LogP contribution >= 0.6 is 11.6 Å². The van der Waals surface area contributed by atoms with E-state index in [0.717, 1.165) is 29.8 Å². The third-order valence-corrected chi connectivity index (χ3v) is 3.49. The first-order valence-electron chi connectivity index (χ1n) is 6.10. The minimum absolute atomic E-state index is 0.159. The van der Waals surface area contributed by atoms with Gasteiger partial charge in [0.1, 0.15) is 0 Å². The fraction of sp³-hybridized carbons (Fsp3) is 0.583. The Morgan fingerprint density at radius 2 is 2.00 bits per heavy atom. The summed E-state index contributed by atoms with van der Waals surface area (Å²) in [5.41, 5.74) is 1.92. The molecule has 0 atom stereocenters. The zero-order valence-corrected chi connectivity index (χ0v) is 11.3. The van der Waals surface area contributed by atoms with Gasteiger partial charge in [-0.1, -0.05) is 11.6 Å². The predicted molar refractivity (Wildman–Crippen MR) is 70.7 cm³/mol. The zero-order chi connectivity index (χ0) is 13.1. The summed E-state index contributed by atoms with van der Waals surface area (Å²) in [4.78, 5) is 11.4. The lowest BCUT2D eigenvalue weighted by atomic mass is 10.2. The second kappa shape index (κ2) is 5.52. The third-order valence-electron chi connectivity index (χ3n) is 3.13. The van der Waals surface area contributed by atoms with Crippen LogP contribution in [0.25, 0.3) is 0 Å². The molecule has 6 heteroatoms. The number of carbonyl (C=O) groups is 1. The van der Waals surface area contributed by atoms with E-state index in [1.165, 1.54) is 0 Å². The molecule has 1 heterocycles. The van der Waals surface area contributed by atoms with Crippen LogP contribution in [0.5, 0.6) is 0 Å². The molecule has 2 N–H and O–H groups in total. The number of aromatic nitrogens is 2. The van der Waals surface area contributed by atoms with E-state index in [4.69, 9.17) is 11.6 Å². The van der Waals surface area contributed by atoms with E-state index in [-0.39, 0.29) is 11.8 Å². The first kappa shape index (κ1) is 13.1. The van der Waals surface area contributed by atoms with E-state index in [0.29, 0.717) is 18.2 Å². The van der Waals surface area contributed by atoms with Crippen molar-refractivity contribution in [3.05, 3.63) is 16.3 Å². The third kappa shape index (κ3) is 3.10. The number of anilines is 1. The van der Waals surface area contributed by atoms with Crippen LogP contribution < -0.4 is 10.6 Å². The van der Waals surface area contributed by atoms with Crippen molar-refractivity contribution in [1.29, 1.82) is 0 Å². The lowest BCUT2D eigenvalue weighted by Gasteiger charge is -2.10. The lowest BCUT2D eigenvalue weighted by Crippen LogP contribution is -2.30. The molecule has 1 saturated carbocycles. The number of nitrogens with one attached hydrogen (secondary N) is 2. The molecule has 1 aliphatic carbocycles. The maximum Gasteiger partial charge on any atom is 0.223 e. The van der Waals surface area contributed by atoms with Crippen molar-refractivity contribution in [3.63, 3.8) is 0 Å². The highest BCUT2D eigenvalue weighted by molar-refractivity contribution is 6.30. The Morgan fingerprint density at radius 3 is 2.67 bits per heavy atom. The SMILES string of the molecule is Cc1c(Cl)nnc(NCCNC(=O)C2CC2)c1C. The summed E-state index contributed by atoms with van der Waals surface area (Å²) in [7, 11) is 0. The predicted octanol–water partition coefficient (Wildman–Crippen LogP) is 1.68. The van der Waals surface area contributed by atoms with E-state index in [1.54, 1.807) is 0 Å². The minimum Gasteiger partial charge on any atom is -0.367 e. The summed E-state index contributed by atoms with van der Waals surface area (Å²) in [5, 5.41) is 14.3. The fourth-order valence-corrected chi connectivity index (χ4v) is 1.78. The number of amides is 1. The number of rotatable bonds is 5. The molecule has 2 rings (SSSR count). The molecule has 5 nitrogen and oxygen atoms in total. The lowest BCUT2D eigenvalue weighted by molar-refractivity contribution is -0.122. The molecule has 0 radical (unpaired) electrons. The monoisotopic (exact) mass is 268 g/mol.